The van der Waals surface area contributed by atoms with Crippen LogP contribution in [0.25, 0.3) is 33.4 Å². The van der Waals surface area contributed by atoms with Gasteiger partial charge in [0.1, 0.15) is 19.9 Å². The van der Waals surface area contributed by atoms with Crippen molar-refractivity contribution < 1.29 is 54.9 Å². The van der Waals surface area contributed by atoms with Crippen LogP contribution < -0.4 is 21.5 Å². The highest BCUT2D eigenvalue weighted by Gasteiger charge is 2.34. The zero-order valence-electron chi connectivity index (χ0n) is 29.8. The van der Waals surface area contributed by atoms with Crippen molar-refractivity contribution in [2.75, 3.05) is 32.4 Å². The molecule has 0 bridgehead atoms. The first-order valence-corrected chi connectivity index (χ1v) is 20.3. The van der Waals surface area contributed by atoms with Crippen molar-refractivity contribution >= 4 is 60.6 Å². The Morgan fingerprint density at radius 2 is 1.55 bits per heavy atom. The van der Waals surface area contributed by atoms with Crippen molar-refractivity contribution in [1.29, 1.82) is 5.41 Å². The molecule has 56 heavy (non-hydrogen) atoms. The molecular weight excluding hydrogens is 771 g/mol. The van der Waals surface area contributed by atoms with Gasteiger partial charge in [-0.3, -0.25) is 15.0 Å². The Kier molecular flexibility index (Phi) is 14.1. The van der Waals surface area contributed by atoms with Crippen LogP contribution in [0.1, 0.15) is 75.6 Å². The fourth-order valence-electron chi connectivity index (χ4n) is 6.46. The standard InChI is InChI=1S/C36H41N5O12S2.CH4/c1-39-19-7-3-9-21-40(20-8-2-4-12-30(44)53-41-28(42)17-18-29(41)43)54(47,48)34-26(37)15-13-24-31(22-10-5-6-11-23(22)36(45)46)25-14-16-27(38)35(55(49,50)51)33(25)52-32(24)34;/h5-6,10-11,13-16,38-39H,2-4,7-9,12,17-21,37H2,1H3,(H,45,46)(H,49,50,51);1H4/p-2. The number of carbonyl (C=O) groups is 4. The van der Waals surface area contributed by atoms with E-state index >= 15 is 0 Å². The first kappa shape index (κ1) is 43.5. The predicted molar refractivity (Wildman–Crippen MR) is 200 cm³/mol. The van der Waals surface area contributed by atoms with Crippen LogP contribution in [0, 0.1) is 5.41 Å². The number of hydrogen-bond acceptors (Lipinski definition) is 15. The van der Waals surface area contributed by atoms with E-state index in [9.17, 15) is 45.7 Å². The van der Waals surface area contributed by atoms with Gasteiger partial charge < -0.3 is 34.8 Å². The van der Waals surface area contributed by atoms with Crippen molar-refractivity contribution in [1.82, 2.24) is 14.7 Å². The Bertz CT molecular complexity index is 2380. The number of imide groups is 1. The molecule has 0 spiro atoms. The summed E-state index contributed by atoms with van der Waals surface area (Å²) in [7, 11) is -8.23. The number of anilines is 1. The third kappa shape index (κ3) is 9.24. The van der Waals surface area contributed by atoms with Gasteiger partial charge in [0.2, 0.25) is 10.0 Å². The lowest BCUT2D eigenvalue weighted by Gasteiger charge is -2.25. The maximum Gasteiger partial charge on any atom is 0.333 e. The molecule has 0 unspecified atom stereocenters. The van der Waals surface area contributed by atoms with Crippen molar-refractivity contribution in [2.24, 2.45) is 0 Å². The van der Waals surface area contributed by atoms with Crippen LogP contribution in [0.3, 0.4) is 0 Å². The molecule has 1 fully saturated rings. The molecule has 2 aromatic carbocycles. The summed E-state index contributed by atoms with van der Waals surface area (Å²) >= 11 is 0. The van der Waals surface area contributed by atoms with E-state index in [1.54, 1.807) is 7.05 Å². The van der Waals surface area contributed by atoms with Crippen LogP contribution in [-0.2, 0) is 39.4 Å². The Morgan fingerprint density at radius 1 is 0.911 bits per heavy atom. The average Bonchev–Trinajstić information content (AvgIpc) is 3.43. The molecule has 4 N–H and O–H groups in total. The number of hydrogen-bond donors (Lipinski definition) is 3. The summed E-state index contributed by atoms with van der Waals surface area (Å²) in [5, 5.41) is 23.3. The highest BCUT2D eigenvalue weighted by molar-refractivity contribution is 7.89. The maximum absolute atomic E-state index is 14.7. The van der Waals surface area contributed by atoms with Gasteiger partial charge in [-0.15, -0.1) is 5.06 Å². The fraction of sp³-hybridized carbons (Fsp3) is 0.378. The van der Waals surface area contributed by atoms with E-state index in [1.807, 2.05) is 0 Å². The van der Waals surface area contributed by atoms with Crippen molar-refractivity contribution in [3.63, 3.8) is 0 Å². The highest BCUT2D eigenvalue weighted by atomic mass is 32.2. The number of carboxylic acids is 1. The zero-order chi connectivity index (χ0) is 40.1. The largest absolute Gasteiger partial charge is 0.744 e. The van der Waals surface area contributed by atoms with E-state index < -0.39 is 70.4 Å². The molecule has 2 aliphatic heterocycles. The molecule has 1 aliphatic carbocycles. The molecular formula is C37H43N5O12S2-2. The summed E-state index contributed by atoms with van der Waals surface area (Å²) in [5.74, 6) is -4.26. The first-order chi connectivity index (χ1) is 26.1. The van der Waals surface area contributed by atoms with Gasteiger partial charge in [-0.05, 0) is 69.1 Å². The van der Waals surface area contributed by atoms with Gasteiger partial charge in [0.05, 0.1) is 17.0 Å². The van der Waals surface area contributed by atoms with Gasteiger partial charge in [0.25, 0.3) is 11.8 Å². The number of carbonyl (C=O) groups excluding carboxylic acids is 4. The number of carboxylic acid groups (broad SMARTS) is 1. The number of hydroxylamine groups is 2. The third-order valence-corrected chi connectivity index (χ3v) is 12.0. The minimum Gasteiger partial charge on any atom is -0.744 e. The molecule has 17 nitrogen and oxygen atoms in total. The summed E-state index contributed by atoms with van der Waals surface area (Å²) < 4.78 is 74.3. The quantitative estimate of drug-likeness (QED) is 0.0429. The average molecular weight is 814 g/mol. The number of unbranched alkanes of at least 4 members (excludes halogenated alkanes) is 4. The van der Waals surface area contributed by atoms with E-state index in [2.05, 4.69) is 5.32 Å². The van der Waals surface area contributed by atoms with Crippen LogP contribution in [0.4, 0.5) is 5.69 Å². The minimum atomic E-state index is -5.41. The molecule has 2 aromatic rings. The first-order valence-electron chi connectivity index (χ1n) is 17.4. The van der Waals surface area contributed by atoms with Crippen LogP contribution in [0.15, 0.2) is 62.7 Å². The van der Waals surface area contributed by atoms with Crippen LogP contribution in [-0.4, -0.2) is 81.2 Å². The smallest absolute Gasteiger partial charge is 0.333 e. The van der Waals surface area contributed by atoms with Crippen LogP contribution in [0.2, 0.25) is 0 Å². The summed E-state index contributed by atoms with van der Waals surface area (Å²) in [4.78, 5) is 51.4. The predicted octanol–water partition coefficient (Wildman–Crippen LogP) is 2.72. The van der Waals surface area contributed by atoms with E-state index in [0.717, 1.165) is 12.5 Å². The Morgan fingerprint density at radius 3 is 2.18 bits per heavy atom. The van der Waals surface area contributed by atoms with Crippen molar-refractivity contribution in [2.45, 2.75) is 75.0 Å². The van der Waals surface area contributed by atoms with Gasteiger partial charge in [0, 0.05) is 54.4 Å². The van der Waals surface area contributed by atoms with Gasteiger partial charge in [-0.1, -0.05) is 44.5 Å². The molecule has 19 heteroatoms. The van der Waals surface area contributed by atoms with E-state index in [-0.39, 0.29) is 85.9 Å². The Hall–Kier alpha value is -5.21. The number of amides is 2. The molecule has 3 aliphatic rings. The van der Waals surface area contributed by atoms with Gasteiger partial charge in [-0.25, -0.2) is 21.6 Å². The highest BCUT2D eigenvalue weighted by Crippen LogP contribution is 2.46. The number of nitrogens with two attached hydrogens (primary N) is 1. The van der Waals surface area contributed by atoms with Crippen LogP contribution >= 0.6 is 0 Å². The topological polar surface area (TPSA) is 273 Å². The van der Waals surface area contributed by atoms with E-state index in [4.69, 9.17) is 20.4 Å². The molecule has 1 saturated heterocycles. The number of nitrogen functional groups attached to an aromatic ring is 1. The Labute approximate surface area is 324 Å². The molecule has 0 atom stereocenters. The summed E-state index contributed by atoms with van der Waals surface area (Å²) in [6.45, 7) is 0.653. The van der Waals surface area contributed by atoms with Gasteiger partial charge >= 0.3 is 5.97 Å². The number of fused-ring (bicyclic) bond motifs is 2. The number of sulfonamides is 1. The number of nitrogens with one attached hydrogen (secondary N) is 2. The zero-order valence-corrected chi connectivity index (χ0v) is 31.4. The lowest BCUT2D eigenvalue weighted by Crippen LogP contribution is -2.34. The van der Waals surface area contributed by atoms with Crippen molar-refractivity contribution in [3.05, 3.63) is 59.5 Å². The van der Waals surface area contributed by atoms with E-state index in [0.29, 0.717) is 30.9 Å². The molecule has 0 saturated carbocycles. The summed E-state index contributed by atoms with van der Waals surface area (Å²) in [6.07, 6.45) is 2.42. The summed E-state index contributed by atoms with van der Waals surface area (Å²) in [5.41, 5.74) is 5.18. The number of benzene rings is 3. The molecule has 0 radical (unpaired) electrons. The molecule has 0 aromatic heterocycles. The lowest BCUT2D eigenvalue weighted by atomic mass is 9.90. The summed E-state index contributed by atoms with van der Waals surface area (Å²) in [6, 6.07) is 10.6. The van der Waals surface area contributed by atoms with Gasteiger partial charge in [0.15, 0.2) is 11.3 Å². The Balaban J connectivity index is 0.00000696. The number of nitrogens with zero attached hydrogens (tertiary/aromatic N) is 2. The van der Waals surface area contributed by atoms with Crippen molar-refractivity contribution in [3.8, 4) is 22.5 Å². The number of aromatic carboxylic acids is 1. The third-order valence-electron chi connectivity index (χ3n) is 9.08. The fourth-order valence-corrected chi connectivity index (χ4v) is 8.92. The second kappa shape index (κ2) is 18.2. The van der Waals surface area contributed by atoms with Gasteiger partial charge in [-0.2, -0.15) is 4.31 Å². The SMILES string of the molecule is C.CNCCCCCN(CCCCCC(=O)ON1C(=O)CCC1=O)S(=O)(=O)c1c(N)ccc2c(-c3ccccc3C(=O)[O-])c3ccc(=N)c(S(=O)(=O)[O-])c-3oc12. The molecule has 2 heterocycles. The van der Waals surface area contributed by atoms with Crippen LogP contribution in [0.5, 0.6) is 0 Å². The normalized spacial score (nSPS) is 13.4. The molecule has 2 amide bonds. The monoisotopic (exact) mass is 813 g/mol. The maximum atomic E-state index is 14.7. The molecule has 5 rings (SSSR count). The second-order valence-corrected chi connectivity index (χ2v) is 16.1. The molecule has 302 valence electrons. The lowest BCUT2D eigenvalue weighted by molar-refractivity contribution is -0.255. The second-order valence-electron chi connectivity index (χ2n) is 12.9. The van der Waals surface area contributed by atoms with E-state index in [1.165, 1.54) is 46.8 Å². The number of rotatable bonds is 18. The minimum absolute atomic E-state index is 0.